The molecule has 0 heterocycles. The van der Waals surface area contributed by atoms with E-state index in [-0.39, 0.29) is 5.41 Å². The smallest absolute Gasteiger partial charge is 0.0335 e. The maximum atomic E-state index is 6.32. The van der Waals surface area contributed by atoms with Crippen LogP contribution in [0.15, 0.2) is 53.0 Å². The summed E-state index contributed by atoms with van der Waals surface area (Å²) in [6, 6.07) is 16.7. The molecule has 0 fully saturated rings. The average Bonchev–Trinajstić information content (AvgIpc) is 2.46. The topological polar surface area (TPSA) is 0 Å². The summed E-state index contributed by atoms with van der Waals surface area (Å²) in [6.07, 6.45) is 0.838. The molecule has 0 radical (unpaired) electrons. The first-order valence-electron chi connectivity index (χ1n) is 6.54. The summed E-state index contributed by atoms with van der Waals surface area (Å²) in [7, 11) is 0. The van der Waals surface area contributed by atoms with Gasteiger partial charge in [0, 0.05) is 21.6 Å². The van der Waals surface area contributed by atoms with Crippen LogP contribution in [0.25, 0.3) is 0 Å². The number of hydrogen-bond acceptors (Lipinski definition) is 0. The van der Waals surface area contributed by atoms with Crippen molar-refractivity contribution in [3.05, 3.63) is 69.7 Å². The molecule has 0 saturated carbocycles. The summed E-state index contributed by atoms with van der Waals surface area (Å²) in [4.78, 5) is 0. The van der Waals surface area contributed by atoms with Crippen molar-refractivity contribution in [2.45, 2.75) is 18.8 Å². The van der Waals surface area contributed by atoms with Crippen molar-refractivity contribution in [3.63, 3.8) is 0 Å². The summed E-state index contributed by atoms with van der Waals surface area (Å²) >= 11 is 16.2. The van der Waals surface area contributed by atoms with E-state index >= 15 is 0 Å². The van der Waals surface area contributed by atoms with Gasteiger partial charge in [0.15, 0.2) is 0 Å². The summed E-state index contributed by atoms with van der Waals surface area (Å²) in [5.74, 6) is 1.02. The highest BCUT2D eigenvalue weighted by atomic mass is 79.9. The van der Waals surface area contributed by atoms with Crippen LogP contribution in [0.1, 0.15) is 16.7 Å². The Morgan fingerprint density at radius 3 is 2.30 bits per heavy atom. The molecule has 0 nitrogen and oxygen atoms in total. The predicted molar refractivity (Wildman–Crippen MR) is 92.1 cm³/mol. The standard InChI is InChI=1S/C17H17BrCl2/c1-13-5-2-3-8-16(13)17(11-19,12-20)10-14-6-4-7-15(18)9-14/h2-9H,10-12H2,1H3. The third kappa shape index (κ3) is 3.39. The molecule has 0 saturated heterocycles. The number of halogens is 3. The van der Waals surface area contributed by atoms with E-state index in [9.17, 15) is 0 Å². The van der Waals surface area contributed by atoms with E-state index in [4.69, 9.17) is 23.2 Å². The molecular weight excluding hydrogens is 355 g/mol. The molecule has 0 spiro atoms. The Bertz CT molecular complexity index is 577. The Balaban J connectivity index is 2.42. The lowest BCUT2D eigenvalue weighted by atomic mass is 9.77. The first-order chi connectivity index (χ1) is 9.61. The number of rotatable bonds is 5. The van der Waals surface area contributed by atoms with Crippen molar-refractivity contribution in [2.24, 2.45) is 0 Å². The molecule has 0 unspecified atom stereocenters. The monoisotopic (exact) mass is 370 g/mol. The summed E-state index contributed by atoms with van der Waals surface area (Å²) in [5.41, 5.74) is 3.49. The van der Waals surface area contributed by atoms with Crippen LogP contribution >= 0.6 is 39.1 Å². The molecule has 20 heavy (non-hydrogen) atoms. The van der Waals surface area contributed by atoms with E-state index in [1.54, 1.807) is 0 Å². The Labute approximate surface area is 139 Å². The van der Waals surface area contributed by atoms with Crippen LogP contribution in [0, 0.1) is 6.92 Å². The van der Waals surface area contributed by atoms with Crippen LogP contribution < -0.4 is 0 Å². The molecule has 0 aromatic heterocycles. The van der Waals surface area contributed by atoms with Crippen molar-refractivity contribution in [3.8, 4) is 0 Å². The van der Waals surface area contributed by atoms with E-state index in [0.29, 0.717) is 11.8 Å². The van der Waals surface area contributed by atoms with Gasteiger partial charge in [-0.2, -0.15) is 0 Å². The Hall–Kier alpha value is -0.500. The zero-order valence-electron chi connectivity index (χ0n) is 11.4. The second-order valence-corrected chi connectivity index (χ2v) is 6.62. The number of benzene rings is 2. The minimum absolute atomic E-state index is 0.227. The van der Waals surface area contributed by atoms with E-state index in [0.717, 1.165) is 10.9 Å². The van der Waals surface area contributed by atoms with Gasteiger partial charge in [0.05, 0.1) is 0 Å². The number of aryl methyl sites for hydroxylation is 1. The van der Waals surface area contributed by atoms with Crippen molar-refractivity contribution in [1.29, 1.82) is 0 Å². The Kier molecular flexibility index (Phi) is 5.54. The summed E-state index contributed by atoms with van der Waals surface area (Å²) in [6.45, 7) is 2.12. The van der Waals surface area contributed by atoms with Gasteiger partial charge in [-0.15, -0.1) is 23.2 Å². The van der Waals surface area contributed by atoms with Gasteiger partial charge in [-0.3, -0.25) is 0 Å². The fourth-order valence-electron chi connectivity index (χ4n) is 2.57. The quantitative estimate of drug-likeness (QED) is 0.590. The second-order valence-electron chi connectivity index (χ2n) is 5.17. The van der Waals surface area contributed by atoms with E-state index < -0.39 is 0 Å². The minimum Gasteiger partial charge on any atom is -0.126 e. The van der Waals surface area contributed by atoms with Gasteiger partial charge in [-0.25, -0.2) is 0 Å². The Morgan fingerprint density at radius 1 is 1.00 bits per heavy atom. The Morgan fingerprint density at radius 2 is 1.70 bits per heavy atom. The molecule has 0 aliphatic carbocycles. The van der Waals surface area contributed by atoms with Crippen LogP contribution in [0.5, 0.6) is 0 Å². The van der Waals surface area contributed by atoms with Gasteiger partial charge in [0.1, 0.15) is 0 Å². The van der Waals surface area contributed by atoms with Gasteiger partial charge < -0.3 is 0 Å². The van der Waals surface area contributed by atoms with Crippen LogP contribution in [0.3, 0.4) is 0 Å². The SMILES string of the molecule is Cc1ccccc1C(CCl)(CCl)Cc1cccc(Br)c1. The van der Waals surface area contributed by atoms with Crippen LogP contribution in [-0.4, -0.2) is 11.8 Å². The van der Waals surface area contributed by atoms with Crippen molar-refractivity contribution in [1.82, 2.24) is 0 Å². The minimum atomic E-state index is -0.227. The largest absolute Gasteiger partial charge is 0.126 e. The fourth-order valence-corrected chi connectivity index (χ4v) is 3.78. The van der Waals surface area contributed by atoms with Crippen LogP contribution in [-0.2, 0) is 11.8 Å². The average molecular weight is 372 g/mol. The normalized spacial score (nSPS) is 11.6. The molecule has 0 bridgehead atoms. The van der Waals surface area contributed by atoms with E-state index in [2.05, 4.69) is 53.2 Å². The van der Waals surface area contributed by atoms with Crippen molar-refractivity contribution in [2.75, 3.05) is 11.8 Å². The highest BCUT2D eigenvalue weighted by Gasteiger charge is 2.32. The van der Waals surface area contributed by atoms with E-state index in [1.807, 2.05) is 18.2 Å². The van der Waals surface area contributed by atoms with Crippen LogP contribution in [0.2, 0.25) is 0 Å². The molecule has 2 rings (SSSR count). The maximum Gasteiger partial charge on any atom is 0.0335 e. The molecular formula is C17H17BrCl2. The fraction of sp³-hybridized carbons (Fsp3) is 0.294. The van der Waals surface area contributed by atoms with E-state index in [1.165, 1.54) is 16.7 Å². The molecule has 106 valence electrons. The molecule has 0 atom stereocenters. The molecule has 0 amide bonds. The molecule has 0 aliphatic rings. The first-order valence-corrected chi connectivity index (χ1v) is 8.40. The van der Waals surface area contributed by atoms with Gasteiger partial charge in [0.25, 0.3) is 0 Å². The molecule has 0 N–H and O–H groups in total. The van der Waals surface area contributed by atoms with Gasteiger partial charge in [0.2, 0.25) is 0 Å². The highest BCUT2D eigenvalue weighted by Crippen LogP contribution is 2.34. The zero-order valence-corrected chi connectivity index (χ0v) is 14.5. The third-order valence-electron chi connectivity index (χ3n) is 3.66. The summed E-state index contributed by atoms with van der Waals surface area (Å²) in [5, 5.41) is 0. The number of hydrogen-bond donors (Lipinski definition) is 0. The molecule has 2 aromatic rings. The molecule has 3 heteroatoms. The predicted octanol–water partition coefficient (Wildman–Crippen LogP) is 5.72. The van der Waals surface area contributed by atoms with Crippen LogP contribution in [0.4, 0.5) is 0 Å². The lowest BCUT2D eigenvalue weighted by Crippen LogP contribution is -2.34. The second kappa shape index (κ2) is 6.98. The van der Waals surface area contributed by atoms with Gasteiger partial charge in [-0.1, -0.05) is 52.3 Å². The molecule has 2 aromatic carbocycles. The first kappa shape index (κ1) is 15.9. The lowest BCUT2D eigenvalue weighted by molar-refractivity contribution is 0.533. The highest BCUT2D eigenvalue weighted by molar-refractivity contribution is 9.10. The summed E-state index contributed by atoms with van der Waals surface area (Å²) < 4.78 is 1.08. The van der Waals surface area contributed by atoms with Gasteiger partial charge >= 0.3 is 0 Å². The zero-order chi connectivity index (χ0) is 14.6. The van der Waals surface area contributed by atoms with Gasteiger partial charge in [-0.05, 0) is 42.2 Å². The third-order valence-corrected chi connectivity index (χ3v) is 5.18. The van der Waals surface area contributed by atoms with Crippen molar-refractivity contribution >= 4 is 39.1 Å². The lowest BCUT2D eigenvalue weighted by Gasteiger charge is -2.32. The van der Waals surface area contributed by atoms with Crippen molar-refractivity contribution < 1.29 is 0 Å². The maximum absolute atomic E-state index is 6.32. The molecule has 0 aliphatic heterocycles. The number of alkyl halides is 2.